The van der Waals surface area contributed by atoms with Crippen LogP contribution in [0.25, 0.3) is 0 Å². The Morgan fingerprint density at radius 3 is 2.84 bits per heavy atom. The first-order chi connectivity index (χ1) is 9.01. The van der Waals surface area contributed by atoms with Gasteiger partial charge >= 0.3 is 5.97 Å². The standard InChI is InChI=1S/C11H7Cl2IN2O2S/c1-18-10(17)8-9(13)16-11(19-8)15-7-3-2-5(14)4-6(7)12/h2-4H,1H3,(H,15,16). The molecular formula is C11H7Cl2IN2O2S. The van der Waals surface area contributed by atoms with Gasteiger partial charge in [0, 0.05) is 3.57 Å². The summed E-state index contributed by atoms with van der Waals surface area (Å²) in [5.41, 5.74) is 0.698. The van der Waals surface area contributed by atoms with Crippen LogP contribution in [0.4, 0.5) is 10.8 Å². The topological polar surface area (TPSA) is 51.2 Å². The molecule has 100 valence electrons. The van der Waals surface area contributed by atoms with E-state index in [-0.39, 0.29) is 10.0 Å². The van der Waals surface area contributed by atoms with Crippen LogP contribution in [0.3, 0.4) is 0 Å². The fraction of sp³-hybridized carbons (Fsp3) is 0.0909. The SMILES string of the molecule is COC(=O)c1sc(Nc2ccc(I)cc2Cl)nc1Cl. The van der Waals surface area contributed by atoms with Crippen LogP contribution >= 0.6 is 57.1 Å². The van der Waals surface area contributed by atoms with E-state index in [9.17, 15) is 4.79 Å². The molecule has 0 saturated carbocycles. The molecule has 2 aromatic rings. The number of hydrogen-bond acceptors (Lipinski definition) is 5. The molecule has 0 fully saturated rings. The maximum atomic E-state index is 11.4. The van der Waals surface area contributed by atoms with E-state index in [0.29, 0.717) is 15.8 Å². The van der Waals surface area contributed by atoms with E-state index in [0.717, 1.165) is 14.9 Å². The zero-order chi connectivity index (χ0) is 14.0. The molecule has 4 nitrogen and oxygen atoms in total. The van der Waals surface area contributed by atoms with Crippen LogP contribution in [-0.4, -0.2) is 18.1 Å². The molecule has 1 aromatic carbocycles. The van der Waals surface area contributed by atoms with Crippen molar-refractivity contribution in [1.29, 1.82) is 0 Å². The Morgan fingerprint density at radius 2 is 2.21 bits per heavy atom. The summed E-state index contributed by atoms with van der Waals surface area (Å²) in [5.74, 6) is -0.510. The number of methoxy groups -OCH3 is 1. The molecular weight excluding hydrogens is 422 g/mol. The maximum absolute atomic E-state index is 11.4. The third kappa shape index (κ3) is 3.50. The second-order valence-electron chi connectivity index (χ2n) is 3.38. The van der Waals surface area contributed by atoms with Gasteiger partial charge in [0.15, 0.2) is 15.2 Å². The maximum Gasteiger partial charge on any atom is 0.351 e. The van der Waals surface area contributed by atoms with Crippen LogP contribution in [0.15, 0.2) is 18.2 Å². The lowest BCUT2D eigenvalue weighted by molar-refractivity contribution is 0.0606. The van der Waals surface area contributed by atoms with Crippen molar-refractivity contribution in [2.24, 2.45) is 0 Å². The van der Waals surface area contributed by atoms with Crippen molar-refractivity contribution in [3.8, 4) is 0 Å². The molecule has 19 heavy (non-hydrogen) atoms. The summed E-state index contributed by atoms with van der Waals surface area (Å²) in [4.78, 5) is 15.7. The second-order valence-corrected chi connectivity index (χ2v) is 6.39. The summed E-state index contributed by atoms with van der Waals surface area (Å²) >= 11 is 15.3. The summed E-state index contributed by atoms with van der Waals surface area (Å²) in [6.07, 6.45) is 0. The Kier molecular flexibility index (Phi) is 4.88. The number of carbonyl (C=O) groups is 1. The molecule has 0 atom stereocenters. The molecule has 0 aliphatic heterocycles. The van der Waals surface area contributed by atoms with Gasteiger partial charge in [0.2, 0.25) is 0 Å². The van der Waals surface area contributed by atoms with Gasteiger partial charge in [-0.1, -0.05) is 34.5 Å². The van der Waals surface area contributed by atoms with Crippen molar-refractivity contribution in [2.45, 2.75) is 0 Å². The van der Waals surface area contributed by atoms with Crippen LogP contribution in [0.5, 0.6) is 0 Å². The molecule has 0 radical (unpaired) electrons. The number of nitrogens with one attached hydrogen (secondary N) is 1. The van der Waals surface area contributed by atoms with Gasteiger partial charge in [-0.05, 0) is 40.8 Å². The molecule has 0 saturated heterocycles. The van der Waals surface area contributed by atoms with Crippen LogP contribution in [-0.2, 0) is 4.74 Å². The lowest BCUT2D eigenvalue weighted by Crippen LogP contribution is -1.98. The highest BCUT2D eigenvalue weighted by Crippen LogP contribution is 2.32. The van der Waals surface area contributed by atoms with E-state index in [1.807, 2.05) is 18.2 Å². The second kappa shape index (κ2) is 6.25. The third-order valence-corrected chi connectivity index (χ3v) is 4.45. The van der Waals surface area contributed by atoms with Gasteiger partial charge in [-0.2, -0.15) is 0 Å². The number of carbonyl (C=O) groups excluding carboxylic acids is 1. The molecule has 0 amide bonds. The predicted octanol–water partition coefficient (Wildman–Crippen LogP) is 4.58. The minimum Gasteiger partial charge on any atom is -0.465 e. The molecule has 8 heteroatoms. The van der Waals surface area contributed by atoms with Crippen molar-refractivity contribution >= 4 is 73.9 Å². The highest BCUT2D eigenvalue weighted by molar-refractivity contribution is 14.1. The van der Waals surface area contributed by atoms with Gasteiger partial charge in [-0.25, -0.2) is 9.78 Å². The molecule has 0 unspecified atom stereocenters. The fourth-order valence-corrected chi connectivity index (χ4v) is 3.30. The van der Waals surface area contributed by atoms with Crippen molar-refractivity contribution in [2.75, 3.05) is 12.4 Å². The van der Waals surface area contributed by atoms with Crippen LogP contribution in [0.1, 0.15) is 9.67 Å². The first kappa shape index (κ1) is 14.8. The smallest absolute Gasteiger partial charge is 0.351 e. The molecule has 0 aliphatic carbocycles. The van der Waals surface area contributed by atoms with Crippen LogP contribution < -0.4 is 5.32 Å². The first-order valence-corrected chi connectivity index (χ1v) is 7.63. The largest absolute Gasteiger partial charge is 0.465 e. The average Bonchev–Trinajstić information content (AvgIpc) is 2.73. The molecule has 1 aromatic heterocycles. The van der Waals surface area contributed by atoms with E-state index in [1.54, 1.807) is 0 Å². The normalized spacial score (nSPS) is 10.3. The van der Waals surface area contributed by atoms with Gasteiger partial charge in [0.25, 0.3) is 0 Å². The average molecular weight is 429 g/mol. The lowest BCUT2D eigenvalue weighted by atomic mass is 10.3. The van der Waals surface area contributed by atoms with Crippen molar-refractivity contribution in [3.05, 3.63) is 36.8 Å². The van der Waals surface area contributed by atoms with E-state index < -0.39 is 5.97 Å². The highest BCUT2D eigenvalue weighted by atomic mass is 127. The van der Waals surface area contributed by atoms with E-state index in [2.05, 4.69) is 37.6 Å². The van der Waals surface area contributed by atoms with Crippen LogP contribution in [0, 0.1) is 3.57 Å². The third-order valence-electron chi connectivity index (χ3n) is 2.13. The fourth-order valence-electron chi connectivity index (χ4n) is 1.28. The minimum absolute atomic E-state index is 0.112. The molecule has 1 N–H and O–H groups in total. The first-order valence-electron chi connectivity index (χ1n) is 4.98. The summed E-state index contributed by atoms with van der Waals surface area (Å²) in [6, 6.07) is 5.56. The summed E-state index contributed by atoms with van der Waals surface area (Å²) in [5, 5.41) is 4.18. The van der Waals surface area contributed by atoms with Gasteiger partial charge < -0.3 is 10.1 Å². The van der Waals surface area contributed by atoms with Gasteiger partial charge in [-0.3, -0.25) is 0 Å². The molecule has 0 aliphatic rings. The minimum atomic E-state index is -0.510. The zero-order valence-electron chi connectivity index (χ0n) is 9.54. The van der Waals surface area contributed by atoms with Gasteiger partial charge in [0.1, 0.15) is 0 Å². The summed E-state index contributed by atoms with van der Waals surface area (Å²) < 4.78 is 5.64. The number of ether oxygens (including phenoxy) is 1. The Morgan fingerprint density at radius 1 is 1.47 bits per heavy atom. The number of esters is 1. The number of benzene rings is 1. The number of hydrogen-bond donors (Lipinski definition) is 1. The van der Waals surface area contributed by atoms with Gasteiger partial charge in [-0.15, -0.1) is 0 Å². The molecule has 0 bridgehead atoms. The Hall–Kier alpha value is -0.570. The number of aromatic nitrogens is 1. The van der Waals surface area contributed by atoms with E-state index in [4.69, 9.17) is 23.2 Å². The van der Waals surface area contributed by atoms with Gasteiger partial charge in [0.05, 0.1) is 17.8 Å². The number of anilines is 2. The van der Waals surface area contributed by atoms with Crippen molar-refractivity contribution < 1.29 is 9.53 Å². The Bertz CT molecular complexity index is 633. The number of rotatable bonds is 3. The van der Waals surface area contributed by atoms with E-state index in [1.165, 1.54) is 7.11 Å². The zero-order valence-corrected chi connectivity index (χ0v) is 14.0. The predicted molar refractivity (Wildman–Crippen MR) is 85.9 cm³/mol. The molecule has 2 rings (SSSR count). The number of halogens is 3. The number of thiazole rings is 1. The monoisotopic (exact) mass is 428 g/mol. The summed E-state index contributed by atoms with van der Waals surface area (Å²) in [7, 11) is 1.29. The lowest BCUT2D eigenvalue weighted by Gasteiger charge is -2.04. The summed E-state index contributed by atoms with van der Waals surface area (Å²) in [6.45, 7) is 0. The van der Waals surface area contributed by atoms with Crippen molar-refractivity contribution in [1.82, 2.24) is 4.98 Å². The Labute approximate surface area is 137 Å². The van der Waals surface area contributed by atoms with Crippen molar-refractivity contribution in [3.63, 3.8) is 0 Å². The molecule has 0 spiro atoms. The molecule has 1 heterocycles. The highest BCUT2D eigenvalue weighted by Gasteiger charge is 2.17. The quantitative estimate of drug-likeness (QED) is 0.574. The van der Waals surface area contributed by atoms with E-state index >= 15 is 0 Å². The number of nitrogens with zero attached hydrogens (tertiary/aromatic N) is 1. The van der Waals surface area contributed by atoms with Crippen LogP contribution in [0.2, 0.25) is 10.2 Å². The Balaban J connectivity index is 2.26.